The highest BCUT2D eigenvalue weighted by atomic mass is 32.1. The number of nitrogens with zero attached hydrogens (tertiary/aromatic N) is 1. The molecule has 0 radical (unpaired) electrons. The zero-order valence-electron chi connectivity index (χ0n) is 27.5. The van der Waals surface area contributed by atoms with Crippen molar-refractivity contribution in [2.45, 2.75) is 0 Å². The molecule has 11 rings (SSSR count). The quantitative estimate of drug-likeness (QED) is 0.167. The Balaban J connectivity index is 1.17. The lowest BCUT2D eigenvalue weighted by molar-refractivity contribution is 1.31. The number of hydrogen-bond acceptors (Lipinski definition) is 3. The second-order valence-corrected chi connectivity index (χ2v) is 15.4. The molecule has 0 aliphatic carbocycles. The molecule has 0 fully saturated rings. The zero-order valence-corrected chi connectivity index (χ0v) is 29.1. The van der Waals surface area contributed by atoms with Gasteiger partial charge in [-0.05, 0) is 104 Å². The Morgan fingerprint density at radius 2 is 0.980 bits per heavy atom. The fraction of sp³-hybridized carbons (Fsp3) is 0. The van der Waals surface area contributed by atoms with Gasteiger partial charge < -0.3 is 4.90 Å². The highest BCUT2D eigenvalue weighted by Crippen LogP contribution is 2.47. The van der Waals surface area contributed by atoms with Crippen LogP contribution >= 0.6 is 22.7 Å². The van der Waals surface area contributed by atoms with Crippen molar-refractivity contribution < 1.29 is 0 Å². The lowest BCUT2D eigenvalue weighted by Crippen LogP contribution is -2.10. The van der Waals surface area contributed by atoms with Gasteiger partial charge in [-0.15, -0.1) is 22.7 Å². The number of hydrogen-bond donors (Lipinski definition) is 0. The van der Waals surface area contributed by atoms with Gasteiger partial charge in [0.05, 0.1) is 10.4 Å². The van der Waals surface area contributed by atoms with Crippen molar-refractivity contribution in [3.8, 4) is 11.1 Å². The Hall–Kier alpha value is -6.00. The molecule has 11 aromatic rings. The highest BCUT2D eigenvalue weighted by Gasteiger charge is 2.20. The van der Waals surface area contributed by atoms with Crippen molar-refractivity contribution in [1.29, 1.82) is 0 Å². The molecule has 0 unspecified atom stereocenters. The molecule has 0 atom stereocenters. The van der Waals surface area contributed by atoms with Gasteiger partial charge in [0, 0.05) is 47.0 Å². The summed E-state index contributed by atoms with van der Waals surface area (Å²) in [4.78, 5) is 2.48. The fourth-order valence-electron chi connectivity index (χ4n) is 8.03. The number of rotatable bonds is 4. The Morgan fingerprint density at radius 1 is 0.333 bits per heavy atom. The second kappa shape index (κ2) is 11.3. The first kappa shape index (κ1) is 28.8. The highest BCUT2D eigenvalue weighted by molar-refractivity contribution is 7.26. The van der Waals surface area contributed by atoms with Crippen LogP contribution in [-0.2, 0) is 0 Å². The molecule has 0 saturated heterocycles. The van der Waals surface area contributed by atoms with Crippen LogP contribution in [0.1, 0.15) is 0 Å². The lowest BCUT2D eigenvalue weighted by Gasteiger charge is -2.27. The summed E-state index contributed by atoms with van der Waals surface area (Å²) in [6.45, 7) is 0. The first-order valence-corrected chi connectivity index (χ1v) is 19.0. The molecule has 0 N–H and O–H groups in total. The molecule has 0 aliphatic heterocycles. The van der Waals surface area contributed by atoms with Gasteiger partial charge in [-0.25, -0.2) is 0 Å². The van der Waals surface area contributed by atoms with Crippen molar-refractivity contribution in [2.24, 2.45) is 0 Å². The van der Waals surface area contributed by atoms with Crippen LogP contribution in [0.25, 0.3) is 83.8 Å². The molecule has 0 aliphatic rings. The van der Waals surface area contributed by atoms with Gasteiger partial charge in [0.2, 0.25) is 0 Å². The molecule has 0 amide bonds. The lowest BCUT2D eigenvalue weighted by atomic mass is 9.93. The molecule has 51 heavy (non-hydrogen) atoms. The summed E-state index contributed by atoms with van der Waals surface area (Å²) in [5.74, 6) is 0. The molecule has 0 spiro atoms. The summed E-state index contributed by atoms with van der Waals surface area (Å²) >= 11 is 3.76. The minimum absolute atomic E-state index is 1.14. The average Bonchev–Trinajstić information content (AvgIpc) is 3.75. The number of fused-ring (bicyclic) bond motifs is 10. The Kier molecular flexibility index (Phi) is 6.36. The number of anilines is 3. The van der Waals surface area contributed by atoms with Crippen molar-refractivity contribution in [2.75, 3.05) is 4.90 Å². The topological polar surface area (TPSA) is 3.24 Å². The van der Waals surface area contributed by atoms with Gasteiger partial charge in [-0.3, -0.25) is 0 Å². The molecule has 0 saturated carbocycles. The largest absolute Gasteiger partial charge is 0.309 e. The van der Waals surface area contributed by atoms with E-state index in [0.29, 0.717) is 0 Å². The van der Waals surface area contributed by atoms with E-state index < -0.39 is 0 Å². The Bertz CT molecular complexity index is 3160. The summed E-state index contributed by atoms with van der Waals surface area (Å²) in [5, 5.41) is 12.9. The summed E-state index contributed by atoms with van der Waals surface area (Å²) in [6, 6.07) is 65.1. The fourth-order valence-corrected chi connectivity index (χ4v) is 10.4. The molecular formula is C48H29NS2. The predicted octanol–water partition coefficient (Wildman–Crippen LogP) is 15.0. The van der Waals surface area contributed by atoms with E-state index in [1.807, 2.05) is 22.7 Å². The molecule has 3 heteroatoms. The van der Waals surface area contributed by atoms with E-state index in [9.17, 15) is 0 Å². The van der Waals surface area contributed by atoms with E-state index in [1.165, 1.54) is 89.5 Å². The Morgan fingerprint density at radius 3 is 1.86 bits per heavy atom. The van der Waals surface area contributed by atoms with Crippen LogP contribution in [0.3, 0.4) is 0 Å². The van der Waals surface area contributed by atoms with Crippen LogP contribution in [0.2, 0.25) is 0 Å². The van der Waals surface area contributed by atoms with Crippen LogP contribution in [-0.4, -0.2) is 0 Å². The maximum atomic E-state index is 2.48. The number of thiophene rings is 2. The zero-order chi connectivity index (χ0) is 33.5. The first-order valence-electron chi connectivity index (χ1n) is 17.3. The van der Waals surface area contributed by atoms with E-state index in [1.54, 1.807) is 0 Å². The van der Waals surface area contributed by atoms with Gasteiger partial charge >= 0.3 is 0 Å². The van der Waals surface area contributed by atoms with Gasteiger partial charge in [0.1, 0.15) is 0 Å². The van der Waals surface area contributed by atoms with Crippen LogP contribution < -0.4 is 4.90 Å². The predicted molar refractivity (Wildman–Crippen MR) is 225 cm³/mol. The summed E-state index contributed by atoms with van der Waals surface area (Å²) < 4.78 is 5.23. The van der Waals surface area contributed by atoms with Gasteiger partial charge in [0.15, 0.2) is 0 Å². The van der Waals surface area contributed by atoms with E-state index in [-0.39, 0.29) is 0 Å². The van der Waals surface area contributed by atoms with Gasteiger partial charge in [-0.2, -0.15) is 0 Å². The van der Waals surface area contributed by atoms with Crippen LogP contribution in [0, 0.1) is 0 Å². The molecule has 2 aromatic heterocycles. The van der Waals surface area contributed by atoms with Crippen molar-refractivity contribution in [3.63, 3.8) is 0 Å². The molecule has 0 bridgehead atoms. The van der Waals surface area contributed by atoms with Gasteiger partial charge in [-0.1, -0.05) is 115 Å². The summed E-state index contributed by atoms with van der Waals surface area (Å²) in [7, 11) is 0. The van der Waals surface area contributed by atoms with Crippen LogP contribution in [0.5, 0.6) is 0 Å². The number of benzene rings is 9. The average molecular weight is 684 g/mol. The molecule has 1 nitrogen and oxygen atoms in total. The van der Waals surface area contributed by atoms with Crippen molar-refractivity contribution in [3.05, 3.63) is 176 Å². The third-order valence-corrected chi connectivity index (χ3v) is 12.7. The Labute approximate surface area is 302 Å². The maximum Gasteiger partial charge on any atom is 0.0640 e. The van der Waals surface area contributed by atoms with Crippen LogP contribution in [0.4, 0.5) is 17.1 Å². The van der Waals surface area contributed by atoms with E-state index >= 15 is 0 Å². The normalized spacial score (nSPS) is 11.9. The third-order valence-electron chi connectivity index (χ3n) is 10.4. The van der Waals surface area contributed by atoms with Crippen molar-refractivity contribution >= 4 is 112 Å². The van der Waals surface area contributed by atoms with Crippen molar-refractivity contribution in [1.82, 2.24) is 0 Å². The van der Waals surface area contributed by atoms with E-state index in [0.717, 1.165) is 11.4 Å². The van der Waals surface area contributed by atoms with E-state index in [4.69, 9.17) is 0 Å². The minimum Gasteiger partial charge on any atom is -0.309 e. The first-order chi connectivity index (χ1) is 25.3. The van der Waals surface area contributed by atoms with Crippen LogP contribution in [0.15, 0.2) is 176 Å². The monoisotopic (exact) mass is 683 g/mol. The minimum atomic E-state index is 1.14. The SMILES string of the molecule is c1cc(-c2cc3ccccc3c3ccccc23)cc(N(c2ccc3sc4cc5ccccc5cc4c3c2)c2cccc3c2sc2ccccc23)c1. The van der Waals surface area contributed by atoms with E-state index in [2.05, 4.69) is 181 Å². The molecular weight excluding hydrogens is 655 g/mol. The van der Waals surface area contributed by atoms with Gasteiger partial charge in [0.25, 0.3) is 0 Å². The maximum absolute atomic E-state index is 2.48. The third kappa shape index (κ3) is 4.52. The molecule has 9 aromatic carbocycles. The summed E-state index contributed by atoms with van der Waals surface area (Å²) in [5.41, 5.74) is 5.94. The smallest absolute Gasteiger partial charge is 0.0640 e. The second-order valence-electron chi connectivity index (χ2n) is 13.3. The molecule has 238 valence electrons. The summed E-state index contributed by atoms with van der Waals surface area (Å²) in [6.07, 6.45) is 0. The standard InChI is InChI=1S/C48H29NS2/c1-2-12-31-28-47-42(26-30(31)11-1)43-29-35(23-24-46(43)50-47)49(44-21-10-20-40-39-19-7-8-22-45(39)51-48(40)44)34-15-9-14-32(25-34)41-27-33-13-3-4-16-36(33)37-17-5-6-18-38(37)41/h1-29H. The molecule has 2 heterocycles.